The van der Waals surface area contributed by atoms with Crippen molar-refractivity contribution < 1.29 is 18.7 Å². The van der Waals surface area contributed by atoms with E-state index in [4.69, 9.17) is 5.39 Å². The number of aliphatic hydroxyl groups excluding tert-OH is 1. The minimum atomic E-state index is -3.81. The van der Waals surface area contributed by atoms with E-state index >= 15 is 0 Å². The molecule has 19 heavy (non-hydrogen) atoms. The maximum Gasteiger partial charge on any atom is 0.511 e. The van der Waals surface area contributed by atoms with Crippen LogP contribution in [-0.2, 0) is 13.6 Å². The van der Waals surface area contributed by atoms with E-state index in [0.29, 0.717) is 0 Å². The van der Waals surface area contributed by atoms with Crippen molar-refractivity contribution in [2.75, 3.05) is 14.2 Å². The summed E-state index contributed by atoms with van der Waals surface area (Å²) in [4.78, 5) is 2.78. The van der Waals surface area contributed by atoms with Gasteiger partial charge in [0.05, 0.1) is 0 Å². The zero-order valence-corrected chi connectivity index (χ0v) is 11.4. The molecule has 1 N–H and O–H groups in total. The molecule has 100 valence electrons. The summed E-state index contributed by atoms with van der Waals surface area (Å²) in [6.45, 7) is 0. The van der Waals surface area contributed by atoms with Crippen LogP contribution in [0.1, 0.15) is 5.56 Å². The van der Waals surface area contributed by atoms with Gasteiger partial charge in [-0.05, 0) is 11.6 Å². The lowest BCUT2D eigenvalue weighted by molar-refractivity contribution is 0.281. The zero-order valence-electron chi connectivity index (χ0n) is 10.6. The second-order valence-electron chi connectivity index (χ2n) is 3.42. The number of hydrogen-bond donors (Lipinski definition) is 1. The lowest BCUT2D eigenvalue weighted by atomic mass is 10.2. The van der Waals surface area contributed by atoms with E-state index in [9.17, 15) is 9.67 Å². The first kappa shape index (κ1) is 15.1. The lowest BCUT2D eigenvalue weighted by Gasteiger charge is -2.04. The zero-order chi connectivity index (χ0) is 14.3. The van der Waals surface area contributed by atoms with Gasteiger partial charge in [-0.1, -0.05) is 36.4 Å². The quantitative estimate of drug-likeness (QED) is 0.384. The highest BCUT2D eigenvalue weighted by atomic mass is 31.2. The summed E-state index contributed by atoms with van der Waals surface area (Å²) in [6.07, 6.45) is 2.81. The Bertz CT molecular complexity index is 567. The monoisotopic (exact) mass is 281 g/mol. The van der Waals surface area contributed by atoms with Crippen molar-refractivity contribution in [1.82, 2.24) is 0 Å². The average Bonchev–Trinajstić information content (AvgIpc) is 2.46. The van der Waals surface area contributed by atoms with Gasteiger partial charge >= 0.3 is 13.0 Å². The summed E-state index contributed by atoms with van der Waals surface area (Å²) in [6, 6.07) is 9.13. The molecule has 0 bridgehead atoms. The fourth-order valence-electron chi connectivity index (χ4n) is 1.31. The maximum atomic E-state index is 12.0. The molecule has 0 unspecified atom stereocenters. The number of nitrogens with zero attached hydrogens (tertiary/aromatic N) is 2. The van der Waals surface area contributed by atoms with Crippen LogP contribution in [0.3, 0.4) is 0 Å². The predicted molar refractivity (Wildman–Crippen MR) is 71.8 cm³/mol. The predicted octanol–water partition coefficient (Wildman–Crippen LogP) is 3.77. The Hall–Kier alpha value is -1.93. The third kappa shape index (κ3) is 3.76. The van der Waals surface area contributed by atoms with Gasteiger partial charge in [-0.3, -0.25) is 0 Å². The molecule has 0 spiro atoms. The van der Waals surface area contributed by atoms with Gasteiger partial charge in [0.1, 0.15) is 0 Å². The molecule has 0 heterocycles. The van der Waals surface area contributed by atoms with E-state index in [1.807, 2.05) is 30.3 Å². The van der Waals surface area contributed by atoms with Crippen LogP contribution in [0.5, 0.6) is 0 Å². The van der Waals surface area contributed by atoms with Gasteiger partial charge in [-0.2, -0.15) is 0 Å². The standard InChI is InChI=1S/C12H13N2O4P/c1-17-19(16,18-2)12(14-13)11(15)9-8-10-6-4-3-5-7-10/h3-9H,1-2H3/p+1/b9-8+. The van der Waals surface area contributed by atoms with Crippen molar-refractivity contribution >= 4 is 13.7 Å². The molecule has 0 saturated carbocycles. The van der Waals surface area contributed by atoms with Gasteiger partial charge in [0.25, 0.3) is 0 Å². The second kappa shape index (κ2) is 6.86. The summed E-state index contributed by atoms with van der Waals surface area (Å²) < 4.78 is 21.3. The topological polar surface area (TPSA) is 83.9 Å². The van der Waals surface area contributed by atoms with Crippen molar-refractivity contribution in [1.29, 1.82) is 5.39 Å². The number of rotatable bonds is 5. The Morgan fingerprint density at radius 1 is 1.32 bits per heavy atom. The van der Waals surface area contributed by atoms with Crippen LogP contribution in [0.25, 0.3) is 11.1 Å². The van der Waals surface area contributed by atoms with Gasteiger partial charge in [0.15, 0.2) is 4.98 Å². The van der Waals surface area contributed by atoms with Crippen molar-refractivity contribution in [3.63, 3.8) is 0 Å². The summed E-state index contributed by atoms with van der Waals surface area (Å²) in [5.74, 6) is -0.501. The van der Waals surface area contributed by atoms with Gasteiger partial charge in [-0.15, -0.1) is 0 Å². The Morgan fingerprint density at radius 2 is 1.89 bits per heavy atom. The molecule has 0 amide bonds. The number of benzene rings is 1. The summed E-state index contributed by atoms with van der Waals surface area (Å²) in [5, 5.41) is 18.6. The molecule has 0 fully saturated rings. The first-order chi connectivity index (χ1) is 9.07. The molecule has 1 aromatic rings. The molecule has 0 aromatic heterocycles. The SMILES string of the molecule is COP(=O)(OC)/C([N+]#N)=C(O)/C=C/c1ccccc1. The molecule has 0 aliphatic carbocycles. The fraction of sp³-hybridized carbons (Fsp3) is 0.167. The first-order valence-corrected chi connectivity index (χ1v) is 6.85. The highest BCUT2D eigenvalue weighted by Gasteiger charge is 2.43. The Balaban J connectivity index is 3.11. The van der Waals surface area contributed by atoms with E-state index < -0.39 is 18.8 Å². The van der Waals surface area contributed by atoms with Crippen LogP contribution in [0.4, 0.5) is 0 Å². The Labute approximate surface area is 111 Å². The van der Waals surface area contributed by atoms with Gasteiger partial charge in [0.2, 0.25) is 11.2 Å². The van der Waals surface area contributed by atoms with Crippen molar-refractivity contribution in [2.45, 2.75) is 0 Å². The number of diazo groups is 1. The van der Waals surface area contributed by atoms with E-state index in [2.05, 4.69) is 14.0 Å². The average molecular weight is 281 g/mol. The van der Waals surface area contributed by atoms with Crippen LogP contribution in [0, 0.1) is 5.39 Å². The van der Waals surface area contributed by atoms with Crippen LogP contribution in [-0.4, -0.2) is 19.3 Å². The minimum Gasteiger partial charge on any atom is -0.501 e. The molecule has 6 nitrogen and oxygen atoms in total. The molecule has 0 aliphatic heterocycles. The van der Waals surface area contributed by atoms with Crippen LogP contribution in [0.15, 0.2) is 47.6 Å². The van der Waals surface area contributed by atoms with E-state index in [1.165, 1.54) is 6.08 Å². The molecular weight excluding hydrogens is 267 g/mol. The highest BCUT2D eigenvalue weighted by Crippen LogP contribution is 2.56. The molecule has 1 aromatic carbocycles. The summed E-state index contributed by atoms with van der Waals surface area (Å²) >= 11 is 0. The Kier molecular flexibility index (Phi) is 5.46. The number of allylic oxidation sites excluding steroid dienone is 1. The van der Waals surface area contributed by atoms with E-state index in [0.717, 1.165) is 19.8 Å². The third-order valence-electron chi connectivity index (χ3n) is 2.30. The highest BCUT2D eigenvalue weighted by molar-refractivity contribution is 7.58. The smallest absolute Gasteiger partial charge is 0.501 e. The fourth-order valence-corrected chi connectivity index (χ4v) is 2.27. The molecule has 0 saturated heterocycles. The van der Waals surface area contributed by atoms with Crippen LogP contribution >= 0.6 is 7.60 Å². The van der Waals surface area contributed by atoms with E-state index in [1.54, 1.807) is 6.08 Å². The molecule has 1 rings (SSSR count). The lowest BCUT2D eigenvalue weighted by Crippen LogP contribution is -1.93. The Morgan fingerprint density at radius 3 is 2.37 bits per heavy atom. The minimum absolute atomic E-state index is 0.501. The first-order valence-electron chi connectivity index (χ1n) is 5.31. The molecule has 7 heteroatoms. The van der Waals surface area contributed by atoms with Crippen molar-refractivity contribution in [3.8, 4) is 0 Å². The van der Waals surface area contributed by atoms with Gasteiger partial charge in [-0.25, -0.2) is 4.57 Å². The largest absolute Gasteiger partial charge is 0.511 e. The maximum absolute atomic E-state index is 12.0. The molecule has 0 aliphatic rings. The van der Waals surface area contributed by atoms with Gasteiger partial charge in [0, 0.05) is 14.2 Å². The van der Waals surface area contributed by atoms with Gasteiger partial charge < -0.3 is 14.2 Å². The van der Waals surface area contributed by atoms with Crippen molar-refractivity contribution in [2.24, 2.45) is 0 Å². The molecule has 0 radical (unpaired) electrons. The third-order valence-corrected chi connectivity index (χ3v) is 4.10. The van der Waals surface area contributed by atoms with Crippen LogP contribution in [0.2, 0.25) is 0 Å². The van der Waals surface area contributed by atoms with Crippen LogP contribution < -0.4 is 0 Å². The number of aliphatic hydroxyl groups is 1. The second-order valence-corrected chi connectivity index (χ2v) is 5.56. The van der Waals surface area contributed by atoms with E-state index in [-0.39, 0.29) is 0 Å². The summed E-state index contributed by atoms with van der Waals surface area (Å²) in [5.41, 5.74) is 0.265. The van der Waals surface area contributed by atoms with Crippen molar-refractivity contribution in [3.05, 3.63) is 58.1 Å². The molecular formula is C12H14N2O4P+. The normalized spacial score (nSPS) is 13.1. The number of hydrogen-bond acceptors (Lipinski definition) is 5. The summed E-state index contributed by atoms with van der Waals surface area (Å²) in [7, 11) is -1.55. The molecule has 0 atom stereocenters.